The zero-order valence-corrected chi connectivity index (χ0v) is 13.0. The molecule has 2 N–H and O–H groups in total. The SMILES string of the molecule is COCCN(C(C)C)S(=O)(=O)c1ccc([N+](=O)[O-])c(N)c1. The van der Waals surface area contributed by atoms with Gasteiger partial charge in [-0.1, -0.05) is 0 Å². The molecule has 1 rings (SSSR count). The van der Waals surface area contributed by atoms with E-state index in [0.717, 1.165) is 12.1 Å². The summed E-state index contributed by atoms with van der Waals surface area (Å²) < 4.78 is 31.3. The number of rotatable bonds is 7. The van der Waals surface area contributed by atoms with Gasteiger partial charge >= 0.3 is 0 Å². The first-order valence-corrected chi connectivity index (χ1v) is 7.70. The molecule has 21 heavy (non-hydrogen) atoms. The van der Waals surface area contributed by atoms with Crippen LogP contribution in [0.15, 0.2) is 23.1 Å². The molecule has 0 atom stereocenters. The van der Waals surface area contributed by atoms with Crippen LogP contribution in [0.4, 0.5) is 11.4 Å². The van der Waals surface area contributed by atoms with Crippen molar-refractivity contribution >= 4 is 21.4 Å². The first-order chi connectivity index (χ1) is 9.71. The van der Waals surface area contributed by atoms with E-state index in [9.17, 15) is 18.5 Å². The second-order valence-corrected chi connectivity index (χ2v) is 6.57. The van der Waals surface area contributed by atoms with Gasteiger partial charge in [0, 0.05) is 25.8 Å². The lowest BCUT2D eigenvalue weighted by Gasteiger charge is -2.25. The van der Waals surface area contributed by atoms with E-state index in [1.165, 1.54) is 17.5 Å². The van der Waals surface area contributed by atoms with Crippen molar-refractivity contribution in [2.24, 2.45) is 0 Å². The molecular formula is C12H19N3O5S. The zero-order chi connectivity index (χ0) is 16.2. The van der Waals surface area contributed by atoms with Crippen LogP contribution < -0.4 is 5.73 Å². The van der Waals surface area contributed by atoms with E-state index in [4.69, 9.17) is 10.5 Å². The van der Waals surface area contributed by atoms with Crippen molar-refractivity contribution in [3.05, 3.63) is 28.3 Å². The van der Waals surface area contributed by atoms with Crippen LogP contribution in [-0.4, -0.2) is 43.9 Å². The molecule has 0 fully saturated rings. The van der Waals surface area contributed by atoms with Crippen LogP contribution in [0.2, 0.25) is 0 Å². The van der Waals surface area contributed by atoms with Gasteiger partial charge in [0.25, 0.3) is 5.69 Å². The molecule has 1 aromatic carbocycles. The van der Waals surface area contributed by atoms with Gasteiger partial charge in [-0.2, -0.15) is 4.31 Å². The number of nitrogens with two attached hydrogens (primary N) is 1. The number of sulfonamides is 1. The van der Waals surface area contributed by atoms with Gasteiger partial charge in [0.1, 0.15) is 5.69 Å². The summed E-state index contributed by atoms with van der Waals surface area (Å²) >= 11 is 0. The molecule has 0 aliphatic rings. The summed E-state index contributed by atoms with van der Waals surface area (Å²) in [5.41, 5.74) is 5.04. The summed E-state index contributed by atoms with van der Waals surface area (Å²) in [6.07, 6.45) is 0. The second-order valence-electron chi connectivity index (χ2n) is 4.68. The molecule has 0 heterocycles. The Kier molecular flexibility index (Phi) is 5.64. The van der Waals surface area contributed by atoms with Crippen LogP contribution in [0.5, 0.6) is 0 Å². The highest BCUT2D eigenvalue weighted by Gasteiger charge is 2.28. The van der Waals surface area contributed by atoms with E-state index in [2.05, 4.69) is 0 Å². The Morgan fingerprint density at radius 3 is 2.48 bits per heavy atom. The van der Waals surface area contributed by atoms with Crippen LogP contribution in [0, 0.1) is 10.1 Å². The van der Waals surface area contributed by atoms with E-state index in [1.54, 1.807) is 13.8 Å². The lowest BCUT2D eigenvalue weighted by molar-refractivity contribution is -0.383. The molecule has 0 saturated heterocycles. The maximum atomic E-state index is 12.6. The molecule has 9 heteroatoms. The van der Waals surface area contributed by atoms with Gasteiger partial charge in [-0.25, -0.2) is 8.42 Å². The van der Waals surface area contributed by atoms with Gasteiger partial charge < -0.3 is 10.5 Å². The van der Waals surface area contributed by atoms with Crippen molar-refractivity contribution < 1.29 is 18.1 Å². The van der Waals surface area contributed by atoms with Crippen molar-refractivity contribution in [2.45, 2.75) is 24.8 Å². The number of nitrogens with zero attached hydrogens (tertiary/aromatic N) is 2. The molecule has 118 valence electrons. The summed E-state index contributed by atoms with van der Waals surface area (Å²) in [5, 5.41) is 10.7. The fourth-order valence-corrected chi connectivity index (χ4v) is 3.49. The Morgan fingerprint density at radius 2 is 2.05 bits per heavy atom. The van der Waals surface area contributed by atoms with Crippen LogP contribution in [0.25, 0.3) is 0 Å². The maximum Gasteiger partial charge on any atom is 0.292 e. The van der Waals surface area contributed by atoms with Crippen LogP contribution in [0.1, 0.15) is 13.8 Å². The maximum absolute atomic E-state index is 12.6. The molecule has 0 spiro atoms. The summed E-state index contributed by atoms with van der Waals surface area (Å²) in [7, 11) is -2.31. The summed E-state index contributed by atoms with van der Waals surface area (Å²) in [6, 6.07) is 3.11. The highest BCUT2D eigenvalue weighted by atomic mass is 32.2. The lowest BCUT2D eigenvalue weighted by atomic mass is 10.3. The van der Waals surface area contributed by atoms with E-state index >= 15 is 0 Å². The second kappa shape index (κ2) is 6.83. The summed E-state index contributed by atoms with van der Waals surface area (Å²) in [6.45, 7) is 3.91. The van der Waals surface area contributed by atoms with Crippen molar-refractivity contribution in [2.75, 3.05) is 26.0 Å². The fourth-order valence-electron chi connectivity index (χ4n) is 1.83. The number of nitro groups is 1. The molecule has 0 unspecified atom stereocenters. The highest BCUT2D eigenvalue weighted by Crippen LogP contribution is 2.26. The van der Waals surface area contributed by atoms with Crippen molar-refractivity contribution in [1.29, 1.82) is 0 Å². The van der Waals surface area contributed by atoms with Crippen molar-refractivity contribution in [1.82, 2.24) is 4.31 Å². The number of methoxy groups -OCH3 is 1. The number of ether oxygens (including phenoxy) is 1. The Labute approximate surface area is 123 Å². The highest BCUT2D eigenvalue weighted by molar-refractivity contribution is 7.89. The molecule has 0 radical (unpaired) electrons. The Bertz CT molecular complexity index is 615. The van der Waals surface area contributed by atoms with Crippen molar-refractivity contribution in [3.8, 4) is 0 Å². The topological polar surface area (TPSA) is 116 Å². The molecule has 0 bridgehead atoms. The standard InChI is InChI=1S/C12H19N3O5S/c1-9(2)14(6-7-20-3)21(18,19)10-4-5-12(15(16)17)11(13)8-10/h4-5,8-9H,6-7,13H2,1-3H3. The summed E-state index contributed by atoms with van der Waals surface area (Å²) in [5.74, 6) is 0. The molecule has 0 aliphatic carbocycles. The van der Waals surface area contributed by atoms with E-state index in [-0.39, 0.29) is 35.5 Å². The van der Waals surface area contributed by atoms with E-state index in [1.807, 2.05) is 0 Å². The molecular weight excluding hydrogens is 298 g/mol. The Hall–Kier alpha value is -1.71. The van der Waals surface area contributed by atoms with Crippen LogP contribution in [-0.2, 0) is 14.8 Å². The molecule has 0 aliphatic heterocycles. The first-order valence-electron chi connectivity index (χ1n) is 6.26. The summed E-state index contributed by atoms with van der Waals surface area (Å²) in [4.78, 5) is 9.99. The van der Waals surface area contributed by atoms with Gasteiger partial charge in [0.2, 0.25) is 10.0 Å². The zero-order valence-electron chi connectivity index (χ0n) is 12.1. The predicted molar refractivity (Wildman–Crippen MR) is 78.4 cm³/mol. The smallest absolute Gasteiger partial charge is 0.292 e. The number of benzene rings is 1. The van der Waals surface area contributed by atoms with Gasteiger partial charge in [0.05, 0.1) is 16.4 Å². The average Bonchev–Trinajstić information content (AvgIpc) is 2.37. The predicted octanol–water partition coefficient (Wildman–Crippen LogP) is 1.22. The number of nitrogen functional groups attached to an aromatic ring is 1. The monoisotopic (exact) mass is 317 g/mol. The average molecular weight is 317 g/mol. The van der Waals surface area contributed by atoms with Gasteiger partial charge in [0.15, 0.2) is 0 Å². The Morgan fingerprint density at radius 1 is 1.43 bits per heavy atom. The first kappa shape index (κ1) is 17.3. The number of hydrogen-bond donors (Lipinski definition) is 1. The molecule has 1 aromatic rings. The minimum Gasteiger partial charge on any atom is -0.393 e. The van der Waals surface area contributed by atoms with E-state index in [0.29, 0.717) is 0 Å². The molecule has 0 saturated carbocycles. The van der Waals surface area contributed by atoms with Crippen LogP contribution >= 0.6 is 0 Å². The molecule has 0 amide bonds. The number of hydrogen-bond acceptors (Lipinski definition) is 6. The van der Waals surface area contributed by atoms with Gasteiger partial charge in [-0.05, 0) is 26.0 Å². The normalized spacial score (nSPS) is 12.0. The Balaban J connectivity index is 3.22. The lowest BCUT2D eigenvalue weighted by Crippen LogP contribution is -2.39. The number of anilines is 1. The largest absolute Gasteiger partial charge is 0.393 e. The van der Waals surface area contributed by atoms with Crippen LogP contribution in [0.3, 0.4) is 0 Å². The molecule has 0 aromatic heterocycles. The third-order valence-electron chi connectivity index (χ3n) is 2.89. The van der Waals surface area contributed by atoms with Gasteiger partial charge in [-0.15, -0.1) is 0 Å². The minimum atomic E-state index is -3.79. The van der Waals surface area contributed by atoms with E-state index < -0.39 is 14.9 Å². The quantitative estimate of drug-likeness (QED) is 0.459. The third-order valence-corrected chi connectivity index (χ3v) is 4.97. The van der Waals surface area contributed by atoms with Gasteiger partial charge in [-0.3, -0.25) is 10.1 Å². The number of nitro benzene ring substituents is 1. The fraction of sp³-hybridized carbons (Fsp3) is 0.500. The van der Waals surface area contributed by atoms with Crippen molar-refractivity contribution in [3.63, 3.8) is 0 Å². The molecule has 8 nitrogen and oxygen atoms in total. The third kappa shape index (κ3) is 3.90. The minimum absolute atomic E-state index is 0.0737.